The second kappa shape index (κ2) is 6.08. The van der Waals surface area contributed by atoms with E-state index in [4.69, 9.17) is 4.74 Å². The van der Waals surface area contributed by atoms with Gasteiger partial charge < -0.3 is 10.1 Å². The Morgan fingerprint density at radius 3 is 2.06 bits per heavy atom. The van der Waals surface area contributed by atoms with Gasteiger partial charge in [0, 0.05) is 6.54 Å². The standard InChI is InChI=1S/C14H27NO2/c1-8-9-11(13(2,3)4)10-15-12(16)17-14(5,6)7/h9H,8,10H2,1-7H3,(H,15,16)/b11-9-. The van der Waals surface area contributed by atoms with Gasteiger partial charge in [-0.15, -0.1) is 0 Å². The van der Waals surface area contributed by atoms with Gasteiger partial charge in [-0.2, -0.15) is 0 Å². The van der Waals surface area contributed by atoms with Crippen molar-refractivity contribution in [1.29, 1.82) is 0 Å². The SMILES string of the molecule is CC/C=C(/CNC(=O)OC(C)(C)C)C(C)(C)C. The first-order valence-corrected chi connectivity index (χ1v) is 6.22. The lowest BCUT2D eigenvalue weighted by Crippen LogP contribution is -2.35. The molecule has 0 fully saturated rings. The van der Waals surface area contributed by atoms with E-state index in [1.54, 1.807) is 0 Å². The molecule has 0 unspecified atom stereocenters. The summed E-state index contributed by atoms with van der Waals surface area (Å²) in [5, 5.41) is 2.80. The maximum absolute atomic E-state index is 11.5. The molecule has 0 bridgehead atoms. The van der Waals surface area contributed by atoms with Crippen LogP contribution in [0.3, 0.4) is 0 Å². The second-order valence-corrected chi connectivity index (χ2v) is 6.24. The van der Waals surface area contributed by atoms with E-state index in [0.29, 0.717) is 6.54 Å². The Morgan fingerprint density at radius 1 is 1.18 bits per heavy atom. The molecule has 1 amide bonds. The van der Waals surface area contributed by atoms with E-state index in [9.17, 15) is 4.79 Å². The topological polar surface area (TPSA) is 38.3 Å². The highest BCUT2D eigenvalue weighted by atomic mass is 16.6. The number of ether oxygens (including phenoxy) is 1. The number of rotatable bonds is 3. The molecular weight excluding hydrogens is 214 g/mol. The van der Waals surface area contributed by atoms with Crippen LogP contribution in [0.15, 0.2) is 11.6 Å². The summed E-state index contributed by atoms with van der Waals surface area (Å²) in [7, 11) is 0. The molecular formula is C14H27NO2. The van der Waals surface area contributed by atoms with Crippen LogP contribution in [0.25, 0.3) is 0 Å². The monoisotopic (exact) mass is 241 g/mol. The van der Waals surface area contributed by atoms with Crippen molar-refractivity contribution in [3.05, 3.63) is 11.6 Å². The third kappa shape index (κ3) is 7.83. The summed E-state index contributed by atoms with van der Waals surface area (Å²) in [5.41, 5.74) is 0.858. The van der Waals surface area contributed by atoms with Crippen LogP contribution >= 0.6 is 0 Å². The normalized spacial score (nSPS) is 13.5. The highest BCUT2D eigenvalue weighted by Crippen LogP contribution is 2.24. The van der Waals surface area contributed by atoms with Crippen LogP contribution in [0.2, 0.25) is 0 Å². The van der Waals surface area contributed by atoms with E-state index in [-0.39, 0.29) is 11.5 Å². The van der Waals surface area contributed by atoms with Gasteiger partial charge in [-0.1, -0.05) is 33.8 Å². The summed E-state index contributed by atoms with van der Waals surface area (Å²) in [6.07, 6.45) is 2.78. The fraction of sp³-hybridized carbons (Fsp3) is 0.786. The summed E-state index contributed by atoms with van der Waals surface area (Å²) < 4.78 is 5.20. The van der Waals surface area contributed by atoms with E-state index in [1.807, 2.05) is 20.8 Å². The number of alkyl carbamates (subject to hydrolysis) is 1. The van der Waals surface area contributed by atoms with Crippen LogP contribution in [0.1, 0.15) is 54.9 Å². The maximum atomic E-state index is 11.5. The molecule has 0 atom stereocenters. The van der Waals surface area contributed by atoms with Crippen LogP contribution in [-0.2, 0) is 4.74 Å². The van der Waals surface area contributed by atoms with E-state index in [0.717, 1.165) is 6.42 Å². The Labute approximate surface area is 106 Å². The molecule has 0 rings (SSSR count). The second-order valence-electron chi connectivity index (χ2n) is 6.24. The number of allylic oxidation sites excluding steroid dienone is 1. The molecule has 0 spiro atoms. The molecule has 0 aliphatic carbocycles. The summed E-state index contributed by atoms with van der Waals surface area (Å²) >= 11 is 0. The van der Waals surface area contributed by atoms with Crippen molar-refractivity contribution in [2.45, 2.75) is 60.5 Å². The molecule has 0 radical (unpaired) electrons. The molecule has 0 aliphatic heterocycles. The van der Waals surface area contributed by atoms with Crippen LogP contribution in [-0.4, -0.2) is 18.2 Å². The van der Waals surface area contributed by atoms with Gasteiger partial charge in [0.1, 0.15) is 5.60 Å². The summed E-state index contributed by atoms with van der Waals surface area (Å²) in [4.78, 5) is 11.5. The van der Waals surface area contributed by atoms with E-state index >= 15 is 0 Å². The van der Waals surface area contributed by atoms with Gasteiger partial charge >= 0.3 is 6.09 Å². The van der Waals surface area contributed by atoms with Gasteiger partial charge in [0.25, 0.3) is 0 Å². The van der Waals surface area contributed by atoms with Crippen molar-refractivity contribution >= 4 is 6.09 Å². The zero-order valence-electron chi connectivity index (χ0n) is 12.3. The minimum Gasteiger partial charge on any atom is -0.444 e. The van der Waals surface area contributed by atoms with Crippen molar-refractivity contribution in [2.24, 2.45) is 5.41 Å². The first kappa shape index (κ1) is 16.0. The van der Waals surface area contributed by atoms with E-state index in [1.165, 1.54) is 5.57 Å². The van der Waals surface area contributed by atoms with Crippen LogP contribution in [0, 0.1) is 5.41 Å². The third-order valence-electron chi connectivity index (χ3n) is 2.24. The molecule has 3 heteroatoms. The predicted octanol–water partition coefficient (Wildman–Crippen LogP) is 3.89. The molecule has 0 aromatic heterocycles. The molecule has 0 aromatic rings. The summed E-state index contributed by atoms with van der Waals surface area (Å²) in [6.45, 7) is 14.7. The lowest BCUT2D eigenvalue weighted by atomic mass is 9.86. The lowest BCUT2D eigenvalue weighted by Gasteiger charge is -2.25. The Hall–Kier alpha value is -0.990. The first-order chi connectivity index (χ1) is 7.56. The molecule has 1 N–H and O–H groups in total. The van der Waals surface area contributed by atoms with Crippen molar-refractivity contribution in [2.75, 3.05) is 6.54 Å². The number of hydrogen-bond donors (Lipinski definition) is 1. The molecule has 0 aromatic carbocycles. The molecule has 0 saturated heterocycles. The van der Waals surface area contributed by atoms with Gasteiger partial charge in [-0.05, 0) is 38.2 Å². The van der Waals surface area contributed by atoms with Gasteiger partial charge in [0.05, 0.1) is 0 Å². The number of nitrogens with one attached hydrogen (secondary N) is 1. The molecule has 17 heavy (non-hydrogen) atoms. The molecule has 0 saturated carbocycles. The highest BCUT2D eigenvalue weighted by Gasteiger charge is 2.19. The number of amides is 1. The number of carbonyl (C=O) groups is 1. The highest BCUT2D eigenvalue weighted by molar-refractivity contribution is 5.68. The summed E-state index contributed by atoms with van der Waals surface area (Å²) in [6, 6.07) is 0. The van der Waals surface area contributed by atoms with Gasteiger partial charge in [-0.25, -0.2) is 4.79 Å². The van der Waals surface area contributed by atoms with Crippen molar-refractivity contribution in [3.8, 4) is 0 Å². The average Bonchev–Trinajstić information content (AvgIpc) is 2.07. The third-order valence-corrected chi connectivity index (χ3v) is 2.24. The fourth-order valence-corrected chi connectivity index (χ4v) is 1.37. The fourth-order valence-electron chi connectivity index (χ4n) is 1.37. The quantitative estimate of drug-likeness (QED) is 0.761. The maximum Gasteiger partial charge on any atom is 0.407 e. The molecule has 0 aliphatic rings. The minimum absolute atomic E-state index is 0.0744. The van der Waals surface area contributed by atoms with Gasteiger partial charge in [-0.3, -0.25) is 0 Å². The lowest BCUT2D eigenvalue weighted by molar-refractivity contribution is 0.0531. The number of hydrogen-bond acceptors (Lipinski definition) is 2. The molecule has 0 heterocycles. The van der Waals surface area contributed by atoms with E-state index < -0.39 is 5.60 Å². The largest absolute Gasteiger partial charge is 0.444 e. The summed E-state index contributed by atoms with van der Waals surface area (Å²) in [5.74, 6) is 0. The number of carbonyl (C=O) groups excluding carboxylic acids is 1. The van der Waals surface area contributed by atoms with Gasteiger partial charge in [0.15, 0.2) is 0 Å². The van der Waals surface area contributed by atoms with Crippen molar-refractivity contribution in [1.82, 2.24) is 5.32 Å². The molecule has 3 nitrogen and oxygen atoms in total. The molecule has 100 valence electrons. The zero-order valence-corrected chi connectivity index (χ0v) is 12.3. The Morgan fingerprint density at radius 2 is 1.71 bits per heavy atom. The Kier molecular flexibility index (Phi) is 5.73. The van der Waals surface area contributed by atoms with Gasteiger partial charge in [0.2, 0.25) is 0 Å². The average molecular weight is 241 g/mol. The smallest absolute Gasteiger partial charge is 0.407 e. The Balaban J connectivity index is 4.34. The Bertz CT molecular complexity index is 280. The predicted molar refractivity (Wildman–Crippen MR) is 72.1 cm³/mol. The van der Waals surface area contributed by atoms with Crippen LogP contribution in [0.4, 0.5) is 4.79 Å². The minimum atomic E-state index is -0.444. The van der Waals surface area contributed by atoms with Crippen LogP contribution in [0.5, 0.6) is 0 Å². The van der Waals surface area contributed by atoms with Crippen LogP contribution < -0.4 is 5.32 Å². The van der Waals surface area contributed by atoms with Crippen molar-refractivity contribution < 1.29 is 9.53 Å². The van der Waals surface area contributed by atoms with E-state index in [2.05, 4.69) is 39.1 Å². The zero-order chi connectivity index (χ0) is 13.7. The van der Waals surface area contributed by atoms with Crippen molar-refractivity contribution in [3.63, 3.8) is 0 Å². The first-order valence-electron chi connectivity index (χ1n) is 6.22.